The summed E-state index contributed by atoms with van der Waals surface area (Å²) in [5.74, 6) is 1.76. The predicted molar refractivity (Wildman–Crippen MR) is 173 cm³/mol. The number of hydrogen-bond donors (Lipinski definition) is 2. The number of halogens is 1. The van der Waals surface area contributed by atoms with Crippen LogP contribution in [0.15, 0.2) is 48.7 Å². The highest BCUT2D eigenvalue weighted by atomic mass is 35.5. The first kappa shape index (κ1) is 30.7. The number of piperazine rings is 1. The van der Waals surface area contributed by atoms with Gasteiger partial charge in [0.05, 0.1) is 29.5 Å². The van der Waals surface area contributed by atoms with Gasteiger partial charge in [0.2, 0.25) is 14.3 Å². The van der Waals surface area contributed by atoms with Gasteiger partial charge in [-0.25, -0.2) is 4.98 Å². The number of ether oxygens (including phenoxy) is 1. The van der Waals surface area contributed by atoms with Crippen molar-refractivity contribution in [1.29, 1.82) is 0 Å². The molecule has 226 valence electrons. The fourth-order valence-corrected chi connectivity index (χ4v) is 6.78. The van der Waals surface area contributed by atoms with Gasteiger partial charge in [-0.1, -0.05) is 23.7 Å². The van der Waals surface area contributed by atoms with Crippen molar-refractivity contribution in [3.63, 3.8) is 0 Å². The van der Waals surface area contributed by atoms with Gasteiger partial charge in [0.1, 0.15) is 10.8 Å². The molecule has 1 aromatic heterocycles. The lowest BCUT2D eigenvalue weighted by molar-refractivity contribution is 0.0981. The molecule has 0 aliphatic carbocycles. The van der Waals surface area contributed by atoms with E-state index in [1.807, 2.05) is 37.3 Å². The van der Waals surface area contributed by atoms with Crippen LogP contribution in [0.5, 0.6) is 5.75 Å². The van der Waals surface area contributed by atoms with Crippen LogP contribution >= 0.6 is 20.0 Å². The zero-order valence-corrected chi connectivity index (χ0v) is 26.5. The summed E-state index contributed by atoms with van der Waals surface area (Å²) in [4.78, 5) is 16.6. The van der Waals surface area contributed by atoms with E-state index in [9.17, 15) is 0 Å². The van der Waals surface area contributed by atoms with Crippen molar-refractivity contribution in [1.82, 2.24) is 19.8 Å². The molecule has 2 saturated heterocycles. The van der Waals surface area contributed by atoms with Gasteiger partial charge >= 0.3 is 0 Å². The summed E-state index contributed by atoms with van der Waals surface area (Å²) in [6, 6.07) is 14.6. The Morgan fingerprint density at radius 2 is 1.71 bits per heavy atom. The molecule has 42 heavy (non-hydrogen) atoms. The maximum Gasteiger partial charge on any atom is 0.229 e. The summed E-state index contributed by atoms with van der Waals surface area (Å²) < 4.78 is 17.2. The average molecular weight is 614 g/mol. The molecule has 0 unspecified atom stereocenters. The number of aromatic nitrogens is 2. The van der Waals surface area contributed by atoms with Crippen molar-refractivity contribution >= 4 is 54.1 Å². The molecule has 0 amide bonds. The molecule has 5 rings (SSSR count). The zero-order chi connectivity index (χ0) is 29.5. The zero-order valence-electron chi connectivity index (χ0n) is 24.8. The topological polar surface area (TPSA) is 87.2 Å². The fourth-order valence-electron chi connectivity index (χ4n) is 5.56. The average Bonchev–Trinajstić information content (AvgIpc) is 3.01. The molecule has 2 fully saturated rings. The summed E-state index contributed by atoms with van der Waals surface area (Å²) in [5.41, 5.74) is 2.77. The van der Waals surface area contributed by atoms with Gasteiger partial charge in [0.25, 0.3) is 0 Å². The quantitative estimate of drug-likeness (QED) is 0.272. The number of nitrogens with zero attached hydrogens (tertiary/aromatic N) is 5. The molecule has 2 aliphatic heterocycles. The highest BCUT2D eigenvalue weighted by Gasteiger charge is 2.28. The van der Waals surface area contributed by atoms with Crippen molar-refractivity contribution in [2.24, 2.45) is 0 Å². The third kappa shape index (κ3) is 7.43. The number of nitrogens with one attached hydrogen (secondary N) is 2. The third-order valence-corrected chi connectivity index (χ3v) is 9.53. The van der Waals surface area contributed by atoms with E-state index in [-0.39, 0.29) is 0 Å². The van der Waals surface area contributed by atoms with E-state index in [1.165, 1.54) is 25.9 Å². The number of benzene rings is 2. The van der Waals surface area contributed by atoms with Crippen LogP contribution in [0.25, 0.3) is 0 Å². The van der Waals surface area contributed by atoms with Crippen molar-refractivity contribution in [2.75, 3.05) is 82.7 Å². The van der Waals surface area contributed by atoms with Crippen molar-refractivity contribution in [2.45, 2.75) is 25.8 Å². The Labute approximate surface area is 255 Å². The van der Waals surface area contributed by atoms with E-state index in [4.69, 9.17) is 25.4 Å². The molecule has 0 atom stereocenters. The van der Waals surface area contributed by atoms with Gasteiger partial charge in [-0.05, 0) is 51.1 Å². The van der Waals surface area contributed by atoms with Gasteiger partial charge in [0.15, 0.2) is 5.82 Å². The van der Waals surface area contributed by atoms with Crippen molar-refractivity contribution < 1.29 is 13.8 Å². The first-order chi connectivity index (χ1) is 20.5. The minimum Gasteiger partial charge on any atom is -0.492 e. The molecule has 0 spiro atoms. The maximum absolute atomic E-state index is 6.49. The largest absolute Gasteiger partial charge is 0.492 e. The van der Waals surface area contributed by atoms with E-state index in [2.05, 4.69) is 54.5 Å². The lowest BCUT2D eigenvalue weighted by atomic mass is 10.0. The second-order valence-corrected chi connectivity index (χ2v) is 12.6. The van der Waals surface area contributed by atoms with Crippen molar-refractivity contribution in [3.05, 3.63) is 53.7 Å². The van der Waals surface area contributed by atoms with E-state index in [0.29, 0.717) is 29.4 Å². The highest BCUT2D eigenvalue weighted by Crippen LogP contribution is 2.39. The summed E-state index contributed by atoms with van der Waals surface area (Å²) in [5, 5.41) is 7.95. The van der Waals surface area contributed by atoms with Crippen LogP contribution in [0.4, 0.5) is 28.8 Å². The van der Waals surface area contributed by atoms with Crippen LogP contribution in [0.1, 0.15) is 19.8 Å². The van der Waals surface area contributed by atoms with Crippen LogP contribution in [-0.4, -0.2) is 93.0 Å². The van der Waals surface area contributed by atoms with Crippen molar-refractivity contribution in [3.8, 4) is 5.75 Å². The molecular weight excluding hydrogens is 573 g/mol. The van der Waals surface area contributed by atoms with Crippen LogP contribution in [0, 0.1) is 0 Å². The highest BCUT2D eigenvalue weighted by molar-refractivity contribution is 7.56. The normalized spacial score (nSPS) is 17.0. The van der Waals surface area contributed by atoms with E-state index in [1.54, 1.807) is 20.4 Å². The van der Waals surface area contributed by atoms with Gasteiger partial charge in [0, 0.05) is 71.3 Å². The lowest BCUT2D eigenvalue weighted by Crippen LogP contribution is -2.52. The first-order valence-corrected chi connectivity index (χ1v) is 16.0. The molecule has 2 aliphatic rings. The predicted octanol–water partition coefficient (Wildman–Crippen LogP) is 5.46. The van der Waals surface area contributed by atoms with Gasteiger partial charge in [-0.15, -0.1) is 0 Å². The smallest absolute Gasteiger partial charge is 0.229 e. The number of para-hydroxylation sites is 1. The number of piperidine rings is 1. The van der Waals surface area contributed by atoms with Gasteiger partial charge in [-0.2, -0.15) is 4.98 Å². The summed E-state index contributed by atoms with van der Waals surface area (Å²) in [7, 11) is 4.23. The Morgan fingerprint density at radius 1 is 0.976 bits per heavy atom. The van der Waals surface area contributed by atoms with Gasteiger partial charge < -0.3 is 34.2 Å². The molecule has 3 heterocycles. The van der Waals surface area contributed by atoms with Crippen LogP contribution in [0.2, 0.25) is 5.02 Å². The molecule has 10 nitrogen and oxygen atoms in total. The first-order valence-electron chi connectivity index (χ1n) is 14.5. The number of anilines is 5. The van der Waals surface area contributed by atoms with E-state index < -0.39 is 8.38 Å². The summed E-state index contributed by atoms with van der Waals surface area (Å²) in [6.45, 7) is 9.31. The minimum atomic E-state index is -1.24. The second kappa shape index (κ2) is 14.6. The number of rotatable bonds is 11. The standard InChI is InChI=1S/C30H41ClN7O3P/c1-5-41-27-20-22(10-11-26(27)38-14-12-23(13-15-38)37-18-16-36(2)17-19-37)33-30-32-21-24(31)29(35-30)34-25-8-6-7-9-28(25)42(39-3)40-4/h6-11,20-21,23H,5,12-19H2,1-4H3,(H2,32,33,34,35). The molecule has 12 heteroatoms. The van der Waals surface area contributed by atoms with E-state index in [0.717, 1.165) is 54.3 Å². The Balaban J connectivity index is 1.28. The Morgan fingerprint density at radius 3 is 2.43 bits per heavy atom. The Hall–Kier alpha value is -2.72. The summed E-state index contributed by atoms with van der Waals surface area (Å²) in [6.07, 6.45) is 3.92. The fraction of sp³-hybridized carbons (Fsp3) is 0.467. The molecule has 2 N–H and O–H groups in total. The van der Waals surface area contributed by atoms with Crippen LogP contribution in [-0.2, 0) is 9.05 Å². The third-order valence-electron chi connectivity index (χ3n) is 7.80. The van der Waals surface area contributed by atoms with Gasteiger partial charge in [-0.3, -0.25) is 4.90 Å². The summed E-state index contributed by atoms with van der Waals surface area (Å²) >= 11 is 6.49. The SMILES string of the molecule is CCOc1cc(Nc2ncc(Cl)c(Nc3ccccc3P(OC)OC)n2)ccc1N1CCC(N2CCN(C)CC2)CC1. The number of likely N-dealkylation sites (N-methyl/N-ethyl adjacent to an activating group) is 1. The molecule has 0 bridgehead atoms. The molecule has 0 radical (unpaired) electrons. The second-order valence-electron chi connectivity index (χ2n) is 10.5. The molecular formula is C30H41ClN7O3P. The Kier molecular flexibility index (Phi) is 10.7. The molecule has 3 aromatic rings. The molecule has 2 aromatic carbocycles. The van der Waals surface area contributed by atoms with Crippen LogP contribution < -0.4 is 25.6 Å². The number of hydrogen-bond acceptors (Lipinski definition) is 10. The lowest BCUT2D eigenvalue weighted by Gasteiger charge is -2.42. The minimum absolute atomic E-state index is 0.403. The molecule has 0 saturated carbocycles. The Bertz CT molecular complexity index is 1320. The maximum atomic E-state index is 6.49. The van der Waals surface area contributed by atoms with Crippen LogP contribution in [0.3, 0.4) is 0 Å². The van der Waals surface area contributed by atoms with E-state index >= 15 is 0 Å². The monoisotopic (exact) mass is 613 g/mol.